The van der Waals surface area contributed by atoms with Gasteiger partial charge in [-0.2, -0.15) is 10.2 Å². The van der Waals surface area contributed by atoms with E-state index in [1.165, 1.54) is 0 Å². The van der Waals surface area contributed by atoms with Crippen LogP contribution in [0.4, 0.5) is 0 Å². The Morgan fingerprint density at radius 2 is 0.944 bits per heavy atom. The van der Waals surface area contributed by atoms with E-state index in [0.29, 0.717) is 11.4 Å². The third-order valence-electron chi connectivity index (χ3n) is 2.58. The van der Waals surface area contributed by atoms with E-state index in [9.17, 15) is 0 Å². The molecule has 0 spiro atoms. The number of nitrogens with zero attached hydrogens (tertiary/aromatic N) is 2. The molecule has 18 heavy (non-hydrogen) atoms. The van der Waals surface area contributed by atoms with Crippen molar-refractivity contribution < 1.29 is 0 Å². The third kappa shape index (κ3) is 2.38. The summed E-state index contributed by atoms with van der Waals surface area (Å²) in [6.07, 6.45) is 0. The number of hydrogen-bond acceptors (Lipinski definition) is 4. The molecule has 2 aromatic rings. The molecule has 2 aromatic carbocycles. The van der Waals surface area contributed by atoms with Gasteiger partial charge in [-0.15, -0.1) is 0 Å². The maximum absolute atomic E-state index is 5.47. The van der Waals surface area contributed by atoms with E-state index in [1.54, 1.807) is 0 Å². The summed E-state index contributed by atoms with van der Waals surface area (Å²) >= 11 is 0. The van der Waals surface area contributed by atoms with Crippen molar-refractivity contribution in [3.8, 4) is 0 Å². The van der Waals surface area contributed by atoms with E-state index >= 15 is 0 Å². The summed E-state index contributed by atoms with van der Waals surface area (Å²) in [7, 11) is 0. The molecular weight excluding hydrogens is 224 g/mol. The van der Waals surface area contributed by atoms with Crippen LogP contribution in [0.2, 0.25) is 0 Å². The molecule has 0 aromatic heterocycles. The lowest BCUT2D eigenvalue weighted by atomic mass is 10.00. The van der Waals surface area contributed by atoms with E-state index < -0.39 is 0 Å². The second kappa shape index (κ2) is 5.63. The summed E-state index contributed by atoms with van der Waals surface area (Å²) in [6.45, 7) is 0. The number of rotatable bonds is 3. The minimum absolute atomic E-state index is 0.573. The van der Waals surface area contributed by atoms with E-state index in [-0.39, 0.29) is 0 Å². The predicted octanol–water partition coefficient (Wildman–Crippen LogP) is 1.71. The van der Waals surface area contributed by atoms with Gasteiger partial charge in [0.2, 0.25) is 0 Å². The van der Waals surface area contributed by atoms with Gasteiger partial charge < -0.3 is 11.7 Å². The highest BCUT2D eigenvalue weighted by Gasteiger charge is 2.13. The van der Waals surface area contributed by atoms with Crippen molar-refractivity contribution in [3.63, 3.8) is 0 Å². The Bertz CT molecular complexity index is 505. The minimum atomic E-state index is 0.573. The van der Waals surface area contributed by atoms with Gasteiger partial charge in [0.25, 0.3) is 0 Å². The number of hydrogen-bond donors (Lipinski definition) is 2. The van der Waals surface area contributed by atoms with Crippen molar-refractivity contribution in [2.75, 3.05) is 0 Å². The van der Waals surface area contributed by atoms with Gasteiger partial charge >= 0.3 is 0 Å². The first kappa shape index (κ1) is 11.9. The second-order valence-electron chi connectivity index (χ2n) is 3.69. The highest BCUT2D eigenvalue weighted by molar-refractivity contribution is 6.53. The van der Waals surface area contributed by atoms with E-state index in [4.69, 9.17) is 11.7 Å². The fourth-order valence-electron chi connectivity index (χ4n) is 1.74. The van der Waals surface area contributed by atoms with Gasteiger partial charge in [-0.1, -0.05) is 60.7 Å². The molecule has 0 fully saturated rings. The normalized spacial score (nSPS) is 12.4. The lowest BCUT2D eigenvalue weighted by Crippen LogP contribution is -2.20. The van der Waals surface area contributed by atoms with Crippen molar-refractivity contribution in [2.24, 2.45) is 21.9 Å². The Balaban J connectivity index is 2.45. The summed E-state index contributed by atoms with van der Waals surface area (Å²) in [5, 5.41) is 7.62. The number of benzene rings is 2. The van der Waals surface area contributed by atoms with Crippen LogP contribution in [-0.4, -0.2) is 11.4 Å². The molecule has 0 aliphatic carbocycles. The van der Waals surface area contributed by atoms with Crippen LogP contribution in [0.1, 0.15) is 11.1 Å². The first-order chi connectivity index (χ1) is 8.86. The monoisotopic (exact) mass is 238 g/mol. The standard InChI is InChI=1S/C14H14N4/c15-17-13(11-7-3-1-4-8-11)14(18-16)12-9-5-2-6-10-12/h1-10H,15-16H2/b17-13+,18-14+. The molecule has 4 heteroatoms. The molecule has 0 atom stereocenters. The number of hydrazone groups is 2. The summed E-state index contributed by atoms with van der Waals surface area (Å²) < 4.78 is 0. The zero-order chi connectivity index (χ0) is 12.8. The summed E-state index contributed by atoms with van der Waals surface area (Å²) in [4.78, 5) is 0. The lowest BCUT2D eigenvalue weighted by Gasteiger charge is -2.08. The van der Waals surface area contributed by atoms with E-state index in [2.05, 4.69) is 10.2 Å². The first-order valence-corrected chi connectivity index (χ1v) is 5.53. The maximum atomic E-state index is 5.47. The van der Waals surface area contributed by atoms with Crippen molar-refractivity contribution in [1.82, 2.24) is 0 Å². The summed E-state index contributed by atoms with van der Waals surface area (Å²) in [5.74, 6) is 10.9. The molecule has 90 valence electrons. The highest BCUT2D eigenvalue weighted by Crippen LogP contribution is 2.09. The molecule has 0 heterocycles. The average Bonchev–Trinajstić information content (AvgIpc) is 2.46. The van der Waals surface area contributed by atoms with Gasteiger partial charge in [0, 0.05) is 11.1 Å². The molecule has 0 bridgehead atoms. The molecule has 0 aliphatic rings. The van der Waals surface area contributed by atoms with Crippen molar-refractivity contribution in [3.05, 3.63) is 71.8 Å². The molecular formula is C14H14N4. The Morgan fingerprint density at radius 1 is 0.611 bits per heavy atom. The van der Waals surface area contributed by atoms with Crippen LogP contribution in [0.5, 0.6) is 0 Å². The Hall–Kier alpha value is -2.62. The predicted molar refractivity (Wildman–Crippen MR) is 74.3 cm³/mol. The Kier molecular flexibility index (Phi) is 3.71. The maximum Gasteiger partial charge on any atom is 0.118 e. The number of nitrogens with two attached hydrogens (primary N) is 2. The zero-order valence-corrected chi connectivity index (χ0v) is 9.82. The molecule has 0 unspecified atom stereocenters. The topological polar surface area (TPSA) is 76.8 Å². The largest absolute Gasteiger partial charge is 0.323 e. The van der Waals surface area contributed by atoms with Gasteiger partial charge in [-0.3, -0.25) is 0 Å². The molecule has 0 aliphatic heterocycles. The highest BCUT2D eigenvalue weighted by atomic mass is 15.2. The van der Waals surface area contributed by atoms with Gasteiger partial charge in [-0.05, 0) is 0 Å². The molecule has 4 nitrogen and oxygen atoms in total. The van der Waals surface area contributed by atoms with Crippen LogP contribution in [0.25, 0.3) is 0 Å². The van der Waals surface area contributed by atoms with Gasteiger partial charge in [0.1, 0.15) is 11.4 Å². The summed E-state index contributed by atoms with van der Waals surface area (Å²) in [6, 6.07) is 19.2. The zero-order valence-electron chi connectivity index (χ0n) is 9.82. The molecule has 0 amide bonds. The van der Waals surface area contributed by atoms with Crippen LogP contribution >= 0.6 is 0 Å². The van der Waals surface area contributed by atoms with Gasteiger partial charge in [0.15, 0.2) is 0 Å². The fourth-order valence-corrected chi connectivity index (χ4v) is 1.74. The van der Waals surface area contributed by atoms with E-state index in [0.717, 1.165) is 11.1 Å². The molecule has 0 saturated heterocycles. The molecule has 4 N–H and O–H groups in total. The molecule has 0 saturated carbocycles. The molecule has 2 rings (SSSR count). The van der Waals surface area contributed by atoms with Crippen molar-refractivity contribution >= 4 is 11.4 Å². The Morgan fingerprint density at radius 3 is 1.22 bits per heavy atom. The van der Waals surface area contributed by atoms with E-state index in [1.807, 2.05) is 60.7 Å². The van der Waals surface area contributed by atoms with Crippen LogP contribution in [0.3, 0.4) is 0 Å². The Labute approximate surface area is 106 Å². The van der Waals surface area contributed by atoms with Crippen LogP contribution in [-0.2, 0) is 0 Å². The quantitative estimate of drug-likeness (QED) is 0.485. The minimum Gasteiger partial charge on any atom is -0.323 e. The van der Waals surface area contributed by atoms with Crippen LogP contribution in [0, 0.1) is 0 Å². The average molecular weight is 238 g/mol. The second-order valence-corrected chi connectivity index (χ2v) is 3.69. The lowest BCUT2D eigenvalue weighted by molar-refractivity contribution is 1.23. The first-order valence-electron chi connectivity index (χ1n) is 5.53. The third-order valence-corrected chi connectivity index (χ3v) is 2.58. The smallest absolute Gasteiger partial charge is 0.118 e. The molecule has 0 radical (unpaired) electrons. The van der Waals surface area contributed by atoms with Crippen LogP contribution < -0.4 is 11.7 Å². The fraction of sp³-hybridized carbons (Fsp3) is 0. The summed E-state index contributed by atoms with van der Waals surface area (Å²) in [5.41, 5.74) is 2.91. The van der Waals surface area contributed by atoms with Gasteiger partial charge in [-0.25, -0.2) is 0 Å². The SMILES string of the molecule is N/N=C(/C(=N/N)c1ccccc1)c1ccccc1. The van der Waals surface area contributed by atoms with Crippen molar-refractivity contribution in [2.45, 2.75) is 0 Å². The van der Waals surface area contributed by atoms with Crippen molar-refractivity contribution in [1.29, 1.82) is 0 Å². The van der Waals surface area contributed by atoms with Crippen LogP contribution in [0.15, 0.2) is 70.9 Å². The van der Waals surface area contributed by atoms with Gasteiger partial charge in [0.05, 0.1) is 0 Å².